The number of fused-ring (bicyclic) bond motifs is 6. The van der Waals surface area contributed by atoms with Gasteiger partial charge in [0, 0.05) is 133 Å². The second-order valence-corrected chi connectivity index (χ2v) is 34.5. The maximum absolute atomic E-state index is 13.2. The van der Waals surface area contributed by atoms with E-state index in [0.29, 0.717) is 109 Å². The zero-order valence-electron chi connectivity index (χ0n) is 70.7. The van der Waals surface area contributed by atoms with Crippen LogP contribution in [0.2, 0.25) is 0 Å². The summed E-state index contributed by atoms with van der Waals surface area (Å²) >= 11 is 1.67. The number of aromatic nitrogens is 16. The minimum atomic E-state index is -0.559. The molecule has 3 aliphatic rings. The molecule has 0 fully saturated rings. The van der Waals surface area contributed by atoms with Crippen LogP contribution in [0.25, 0.3) is 50.4 Å². The molecule has 0 atom stereocenters. The molecule has 118 heavy (non-hydrogen) atoms. The lowest BCUT2D eigenvalue weighted by Crippen LogP contribution is -2.40. The van der Waals surface area contributed by atoms with Crippen molar-refractivity contribution in [3.63, 3.8) is 0 Å². The first kappa shape index (κ1) is 91.1. The zero-order chi connectivity index (χ0) is 82.8. The molecule has 0 bridgehead atoms. The van der Waals surface area contributed by atoms with Gasteiger partial charge >= 0.3 is 12.2 Å². The van der Waals surface area contributed by atoms with Gasteiger partial charge in [0.2, 0.25) is 11.9 Å². The fourth-order valence-electron chi connectivity index (χ4n) is 13.6. The summed E-state index contributed by atoms with van der Waals surface area (Å²) in [5.74, 6) is 2.78. The Labute approximate surface area is 710 Å². The van der Waals surface area contributed by atoms with Crippen molar-refractivity contribution in [1.82, 2.24) is 93.0 Å². The minimum Gasteiger partial charge on any atom is -0.444 e. The van der Waals surface area contributed by atoms with Crippen LogP contribution in [-0.4, -0.2) is 137 Å². The summed E-state index contributed by atoms with van der Waals surface area (Å²) in [5.41, 5.74) is 17.2. The Kier molecular flexibility index (Phi) is 28.6. The molecule has 1 aromatic carbocycles. The first-order valence-corrected chi connectivity index (χ1v) is 40.2. The largest absolute Gasteiger partial charge is 0.444 e. The molecule has 2 amide bonds. The topological polar surface area (TPSA) is 331 Å². The zero-order valence-corrected chi connectivity index (χ0v) is 73.9. The molecular formula is C85H109Cl3N22O7S. The molecule has 0 saturated heterocycles. The third kappa shape index (κ3) is 20.8. The smallest absolute Gasteiger partial charge is 0.410 e. The van der Waals surface area contributed by atoms with E-state index in [-0.39, 0.29) is 82.3 Å². The number of carbonyl (C=O) groups is 2. The van der Waals surface area contributed by atoms with Crippen molar-refractivity contribution in [2.45, 2.75) is 216 Å². The second kappa shape index (κ2) is 37.0. The first-order valence-electron chi connectivity index (χ1n) is 39.0. The number of rotatable bonds is 11. The van der Waals surface area contributed by atoms with Gasteiger partial charge in [0.25, 0.3) is 16.7 Å². The van der Waals surface area contributed by atoms with Crippen LogP contribution in [0.1, 0.15) is 175 Å². The van der Waals surface area contributed by atoms with E-state index in [0.717, 1.165) is 98.5 Å². The predicted octanol–water partition coefficient (Wildman–Crippen LogP) is 15.3. The monoisotopic (exact) mass is 1690 g/mol. The number of nitrogens with one attached hydrogen (secondary N) is 3. The number of nitrogen functional groups attached to an aromatic ring is 1. The van der Waals surface area contributed by atoms with Crippen molar-refractivity contribution in [3.05, 3.63) is 204 Å². The SMILES string of the molecule is CC(C)(C)OC(=O)N1CCc2ncc(N)cc2C1.CCn1c(=O)c2ccc(SC)cc2n1-c1cccc(C(C)(C)C)n1.CCn1c(=O)c2cnc(Nc3cnc4c(c3)CN(C(=O)OC(C)(C)C)CC4)nc2n1-c1cccc(C(C)(C)C)n1.CCn1c(=O)c2cnc(Nc3cnc4c(c3)CNCC4)nc2n1-c1cccc(C(C)(C)C)n1.Cl.Cl.Cl. The molecule has 14 heterocycles. The van der Waals surface area contributed by atoms with Gasteiger partial charge in [0.05, 0.1) is 59.6 Å². The third-order valence-electron chi connectivity index (χ3n) is 19.4. The van der Waals surface area contributed by atoms with E-state index in [1.54, 1.807) is 76.0 Å². The maximum Gasteiger partial charge on any atom is 0.410 e. The van der Waals surface area contributed by atoms with E-state index in [1.165, 1.54) is 5.56 Å². The Morgan fingerprint density at radius 3 is 1.30 bits per heavy atom. The van der Waals surface area contributed by atoms with Crippen molar-refractivity contribution in [2.75, 3.05) is 42.3 Å². The number of nitrogens with two attached hydrogens (primary N) is 1. The van der Waals surface area contributed by atoms with E-state index in [1.807, 2.05) is 152 Å². The summed E-state index contributed by atoms with van der Waals surface area (Å²) in [6.45, 7) is 41.5. The molecule has 15 rings (SSSR count). The maximum atomic E-state index is 13.2. The lowest BCUT2D eigenvalue weighted by Gasteiger charge is -2.31. The van der Waals surface area contributed by atoms with Crippen LogP contribution in [0.4, 0.5) is 38.5 Å². The molecule has 628 valence electrons. The Morgan fingerprint density at radius 1 is 0.475 bits per heavy atom. The molecular weight excluding hydrogens is 1580 g/mol. The normalized spacial score (nSPS) is 13.3. The van der Waals surface area contributed by atoms with E-state index >= 15 is 0 Å². The number of anilines is 5. The van der Waals surface area contributed by atoms with Crippen LogP contribution in [0.3, 0.4) is 0 Å². The first-order chi connectivity index (χ1) is 54.4. The standard InChI is InChI=1S/C29H36N8O3.C24H28N8O.C19H23N3OS.C13H19N3O2.3ClH/c1-8-36-25(38)20-16-31-26(34-24(20)37(36)23-11-9-10-22(33-23)28(2,3)4)32-19-14-18-17-35(13-12-21(18)30-15-19)27(39)40-29(5,6)7;1-5-31-22(33)17-14-27-23(28-16-11-15-12-25-10-9-18(15)26-13-16)30-21(17)32(31)20-8-6-7-19(29-20)24(2,3)4;1-6-21-18(23)14-11-10-13(24-5)12-15(14)22(21)17-9-7-8-16(20-17)19(2,3)4;1-13(2,3)18-12(17)16-5-4-11-9(8-16)6-10(14)7-15-11;;;/h9-11,14-16H,8,12-13,17H2,1-7H3,(H,31,32,34);6-8,11,13-14,25H,5,9-10,12H2,1-4H3,(H,27,28,30);7-12H,6H2,1-5H3;6-7H,4-5,8,14H2,1-3H3;3*1H. The van der Waals surface area contributed by atoms with Gasteiger partial charge in [-0.25, -0.2) is 62.6 Å². The highest BCUT2D eigenvalue weighted by molar-refractivity contribution is 7.98. The quantitative estimate of drug-likeness (QED) is 0.0874. The number of ether oxygens (including phenoxy) is 2. The number of halogens is 3. The number of hydrogen-bond acceptors (Lipinski definition) is 22. The fourth-order valence-corrected chi connectivity index (χ4v) is 14.0. The number of thioether (sulfide) groups is 1. The van der Waals surface area contributed by atoms with E-state index in [4.69, 9.17) is 40.1 Å². The molecule has 0 unspecified atom stereocenters. The average molecular weight is 1690 g/mol. The van der Waals surface area contributed by atoms with Crippen LogP contribution in [0, 0.1) is 0 Å². The number of nitrogens with zero attached hydrogens (tertiary/aromatic N) is 18. The van der Waals surface area contributed by atoms with Crippen molar-refractivity contribution >= 4 is 123 Å². The van der Waals surface area contributed by atoms with Gasteiger partial charge in [-0.3, -0.25) is 29.3 Å². The van der Waals surface area contributed by atoms with Gasteiger partial charge in [-0.1, -0.05) is 80.5 Å². The molecule has 0 aliphatic carbocycles. The molecule has 33 heteroatoms. The Balaban J connectivity index is 0.000000185. The third-order valence-corrected chi connectivity index (χ3v) is 20.1. The summed E-state index contributed by atoms with van der Waals surface area (Å²) in [5, 5.41) is 11.4. The predicted molar refractivity (Wildman–Crippen MR) is 474 cm³/mol. The molecule has 5 N–H and O–H groups in total. The Morgan fingerprint density at radius 2 is 0.873 bits per heavy atom. The molecule has 29 nitrogen and oxygen atoms in total. The molecule has 11 aromatic heterocycles. The highest BCUT2D eigenvalue weighted by Crippen LogP contribution is 2.31. The molecule has 3 aliphatic heterocycles. The van der Waals surface area contributed by atoms with Crippen LogP contribution >= 0.6 is 49.0 Å². The second-order valence-electron chi connectivity index (χ2n) is 33.7. The van der Waals surface area contributed by atoms with Crippen molar-refractivity contribution < 1.29 is 19.1 Å². The average Bonchev–Trinajstić information content (AvgIpc) is 1.61. The Hall–Kier alpha value is -10.8. The number of hydrogen-bond donors (Lipinski definition) is 4. The number of carbonyl (C=O) groups excluding carboxylic acids is 2. The van der Waals surface area contributed by atoms with E-state index in [9.17, 15) is 24.0 Å². The van der Waals surface area contributed by atoms with Crippen molar-refractivity contribution in [1.29, 1.82) is 0 Å². The van der Waals surface area contributed by atoms with Gasteiger partial charge in [-0.2, -0.15) is 9.97 Å². The highest BCUT2D eigenvalue weighted by atomic mass is 35.5. The van der Waals surface area contributed by atoms with Gasteiger partial charge < -0.3 is 41.0 Å². The molecule has 12 aromatic rings. The van der Waals surface area contributed by atoms with Crippen LogP contribution in [0.15, 0.2) is 141 Å². The molecule has 0 radical (unpaired) electrons. The fraction of sp³-hybridized carbons (Fsp3) is 0.424. The molecule has 0 saturated carbocycles. The van der Waals surface area contributed by atoms with E-state index < -0.39 is 11.2 Å². The number of benzene rings is 1. The summed E-state index contributed by atoms with van der Waals surface area (Å²) in [7, 11) is 0. The highest BCUT2D eigenvalue weighted by Gasteiger charge is 2.31. The van der Waals surface area contributed by atoms with Crippen molar-refractivity contribution in [3.8, 4) is 17.5 Å². The van der Waals surface area contributed by atoms with Crippen LogP contribution in [-0.2, 0) is 84.2 Å². The lowest BCUT2D eigenvalue weighted by molar-refractivity contribution is 0.0212. The van der Waals surface area contributed by atoms with E-state index in [2.05, 4.69) is 115 Å². The molecule has 0 spiro atoms. The van der Waals surface area contributed by atoms with Gasteiger partial charge in [0.1, 0.15) is 22.0 Å². The number of amides is 2. The lowest BCUT2D eigenvalue weighted by atomic mass is 9.92. The van der Waals surface area contributed by atoms with Crippen molar-refractivity contribution in [2.24, 2.45) is 0 Å². The summed E-state index contributed by atoms with van der Waals surface area (Å²) < 4.78 is 21.4. The van der Waals surface area contributed by atoms with Gasteiger partial charge in [-0.15, -0.1) is 49.0 Å². The minimum absolute atomic E-state index is 0. The number of pyridine rings is 6. The van der Waals surface area contributed by atoms with Gasteiger partial charge in [0.15, 0.2) is 28.7 Å². The van der Waals surface area contributed by atoms with Gasteiger partial charge in [-0.05, 0) is 158 Å². The summed E-state index contributed by atoms with van der Waals surface area (Å²) in [4.78, 5) is 114. The summed E-state index contributed by atoms with van der Waals surface area (Å²) in [6.07, 6.45) is 12.0. The van der Waals surface area contributed by atoms with Crippen LogP contribution < -0.4 is 38.4 Å². The summed E-state index contributed by atoms with van der Waals surface area (Å²) in [6, 6.07) is 29.6. The Bertz CT molecular complexity index is 5820. The van der Waals surface area contributed by atoms with Crippen LogP contribution in [0.5, 0.6) is 0 Å².